The number of allylic oxidation sites excluding steroid dienone is 1. The predicted molar refractivity (Wildman–Crippen MR) is 248 cm³/mol. The van der Waals surface area contributed by atoms with Crippen molar-refractivity contribution in [2.24, 2.45) is 22.9 Å². The smallest absolute Gasteiger partial charge is 0.410 e. The third-order valence-corrected chi connectivity index (χ3v) is 13.2. The fraction of sp³-hybridized carbons (Fsp3) is 0.434. The minimum absolute atomic E-state index is 0.0165. The molecule has 1 saturated carbocycles. The maximum atomic E-state index is 14.9. The van der Waals surface area contributed by atoms with E-state index in [9.17, 15) is 19.4 Å². The molecule has 1 fully saturated rings. The first-order chi connectivity index (χ1) is 32.9. The van der Waals surface area contributed by atoms with Gasteiger partial charge in [-0.3, -0.25) is 4.90 Å². The molecule has 0 saturated heterocycles. The highest BCUT2D eigenvalue weighted by Gasteiger charge is 2.65. The van der Waals surface area contributed by atoms with Crippen LogP contribution < -0.4 is 18.9 Å². The average molecular weight is 921 g/mol. The van der Waals surface area contributed by atoms with Gasteiger partial charge in [0, 0.05) is 43.2 Å². The molecule has 4 aliphatic rings. The molecule has 2 aliphatic heterocycles. The highest BCUT2D eigenvalue weighted by Crippen LogP contribution is 2.62. The van der Waals surface area contributed by atoms with E-state index >= 15 is 0 Å². The first kappa shape index (κ1) is 47.6. The van der Waals surface area contributed by atoms with Crippen molar-refractivity contribution < 1.29 is 57.4 Å². The van der Waals surface area contributed by atoms with Crippen LogP contribution in [0, 0.1) is 23.6 Å². The van der Waals surface area contributed by atoms with Gasteiger partial charge in [-0.05, 0) is 90.6 Å². The number of unbranched alkanes of at least 4 members (excludes halogenated alkanes) is 2. The lowest BCUT2D eigenvalue weighted by Gasteiger charge is -2.59. The molecule has 2 aliphatic carbocycles. The number of nitrogens with zero attached hydrogens (tertiary/aromatic N) is 2. The van der Waals surface area contributed by atoms with E-state index in [0.29, 0.717) is 53.7 Å². The molecule has 0 unspecified atom stereocenters. The van der Waals surface area contributed by atoms with E-state index < -0.39 is 23.8 Å². The molecule has 0 aromatic heterocycles. The summed E-state index contributed by atoms with van der Waals surface area (Å²) < 4.78 is 59.0. The van der Waals surface area contributed by atoms with E-state index in [4.69, 9.17) is 43.2 Å². The lowest BCUT2D eigenvalue weighted by molar-refractivity contribution is -0.256. The highest BCUT2D eigenvalue weighted by atomic mass is 19.1. The van der Waals surface area contributed by atoms with Gasteiger partial charge in [0.15, 0.2) is 11.5 Å². The predicted octanol–water partition coefficient (Wildman–Crippen LogP) is 9.25. The van der Waals surface area contributed by atoms with Crippen molar-refractivity contribution in [2.45, 2.75) is 82.5 Å². The summed E-state index contributed by atoms with van der Waals surface area (Å²) in [6.07, 6.45) is 7.84. The van der Waals surface area contributed by atoms with Gasteiger partial charge in [0.1, 0.15) is 43.7 Å². The van der Waals surface area contributed by atoms with Gasteiger partial charge in [-0.15, -0.1) is 6.58 Å². The topological polar surface area (TPSA) is 147 Å². The number of carbonyl (C=O) groups excluding carboxylic acids is 1. The molecule has 0 spiro atoms. The van der Waals surface area contributed by atoms with Crippen molar-refractivity contribution in [3.63, 3.8) is 0 Å². The fourth-order valence-electron chi connectivity index (χ4n) is 10.2. The van der Waals surface area contributed by atoms with Gasteiger partial charge < -0.3 is 48.2 Å². The summed E-state index contributed by atoms with van der Waals surface area (Å²) >= 11 is 0. The quantitative estimate of drug-likeness (QED) is 0.0417. The SMILES string of the molecule is C=CCO[C@@]12Oc3ccc(OCc4ccccc4F)cc3[C@H]3[C@H](CCCCO)[C@@H](CCCCO)C=C(C(=NOC)C[C@@H]1N(Cc1ccc4c(c1)OCO4)C(=O)OCCOCc1ccccc1)[C@H]32. The summed E-state index contributed by atoms with van der Waals surface area (Å²) in [5.74, 6) is -0.499. The van der Waals surface area contributed by atoms with E-state index in [1.807, 2.05) is 66.7 Å². The Balaban J connectivity index is 1.24. The van der Waals surface area contributed by atoms with E-state index in [0.717, 1.165) is 47.9 Å². The average Bonchev–Trinajstić information content (AvgIpc) is 3.82. The van der Waals surface area contributed by atoms with Crippen LogP contribution in [0.2, 0.25) is 0 Å². The molecular formula is C53H61FN2O11. The van der Waals surface area contributed by atoms with E-state index in [-0.39, 0.29) is 83.0 Å². The molecule has 14 heteroatoms. The van der Waals surface area contributed by atoms with Crippen molar-refractivity contribution >= 4 is 11.8 Å². The van der Waals surface area contributed by atoms with Crippen LogP contribution >= 0.6 is 0 Å². The summed E-state index contributed by atoms with van der Waals surface area (Å²) in [5, 5.41) is 24.6. The van der Waals surface area contributed by atoms with Gasteiger partial charge >= 0.3 is 6.09 Å². The third-order valence-electron chi connectivity index (χ3n) is 13.2. The Kier molecular flexibility index (Phi) is 16.1. The zero-order valence-electron chi connectivity index (χ0n) is 38.1. The van der Waals surface area contributed by atoms with Crippen LogP contribution in [0.4, 0.5) is 9.18 Å². The van der Waals surface area contributed by atoms with E-state index in [1.165, 1.54) is 13.2 Å². The number of hydrogen-bond acceptors (Lipinski definition) is 12. The van der Waals surface area contributed by atoms with Crippen molar-refractivity contribution in [3.8, 4) is 23.0 Å². The standard InChI is InChI=1S/C53H61FN2O11/c1-3-25-66-53-49(56(32-37-19-21-47-48(28-37)65-35-64-47)52(59)62-27-26-61-33-36-13-5-4-6-14-36)31-45(55-60-2)42-29-38(15-9-11-23-57)41(17-10-12-24-58)50(51(42)53)43-30-40(20-22-46(43)67-53)63-34-39-16-7-8-18-44(39)54/h3-8,13-14,16,18-22,28-30,38,41,49-51,57-58H,1,9-12,15,17,23-27,31-35H2,2H3/t38-,41+,49-,50+,51+,53+/m0/s1. The summed E-state index contributed by atoms with van der Waals surface area (Å²) in [4.78, 5) is 22.2. The maximum absolute atomic E-state index is 14.9. The van der Waals surface area contributed by atoms with Crippen molar-refractivity contribution in [2.75, 3.05) is 46.9 Å². The molecule has 356 valence electrons. The van der Waals surface area contributed by atoms with E-state index in [2.05, 4.69) is 12.7 Å². The molecule has 1 amide bonds. The number of carbonyl (C=O) groups is 1. The van der Waals surface area contributed by atoms with Gasteiger partial charge in [-0.25, -0.2) is 9.18 Å². The van der Waals surface area contributed by atoms with Gasteiger partial charge in [0.05, 0.1) is 31.5 Å². The maximum Gasteiger partial charge on any atom is 0.410 e. The Morgan fingerprint density at radius 2 is 1.67 bits per heavy atom. The summed E-state index contributed by atoms with van der Waals surface area (Å²) in [6.45, 7) is 4.93. The normalized spacial score (nSPS) is 22.8. The van der Waals surface area contributed by atoms with Crippen molar-refractivity contribution in [1.82, 2.24) is 4.90 Å². The van der Waals surface area contributed by atoms with Crippen LogP contribution in [0.3, 0.4) is 0 Å². The molecule has 2 N–H and O–H groups in total. The molecular weight excluding hydrogens is 860 g/mol. The number of ether oxygens (including phenoxy) is 7. The Hall–Kier alpha value is -5.93. The fourth-order valence-corrected chi connectivity index (χ4v) is 10.2. The lowest BCUT2D eigenvalue weighted by Crippen LogP contribution is -2.70. The second-order valence-electron chi connectivity index (χ2n) is 17.3. The van der Waals surface area contributed by atoms with Crippen LogP contribution in [0.5, 0.6) is 23.0 Å². The molecule has 4 aromatic carbocycles. The zero-order chi connectivity index (χ0) is 46.6. The van der Waals surface area contributed by atoms with Gasteiger partial charge in [0.2, 0.25) is 12.6 Å². The molecule has 8 rings (SSSR count). The van der Waals surface area contributed by atoms with Gasteiger partial charge in [-0.1, -0.05) is 84.7 Å². The second-order valence-corrected chi connectivity index (χ2v) is 17.3. The number of amides is 1. The second kappa shape index (κ2) is 22.7. The Morgan fingerprint density at radius 3 is 2.46 bits per heavy atom. The molecule has 0 bridgehead atoms. The summed E-state index contributed by atoms with van der Waals surface area (Å²) in [6, 6.07) is 26.7. The zero-order valence-corrected chi connectivity index (χ0v) is 38.1. The van der Waals surface area contributed by atoms with Crippen LogP contribution in [0.1, 0.15) is 73.1 Å². The first-order valence-corrected chi connectivity index (χ1v) is 23.3. The molecule has 6 atom stereocenters. The lowest BCUT2D eigenvalue weighted by atomic mass is 9.55. The highest BCUT2D eigenvalue weighted by molar-refractivity contribution is 6.03. The van der Waals surface area contributed by atoms with E-state index in [1.54, 1.807) is 29.2 Å². The molecule has 67 heavy (non-hydrogen) atoms. The number of aliphatic hydroxyl groups is 2. The number of benzene rings is 4. The number of oxime groups is 1. The number of aliphatic hydroxyl groups excluding tert-OH is 2. The summed E-state index contributed by atoms with van der Waals surface area (Å²) in [5.41, 5.74) is 4.57. The Morgan fingerprint density at radius 1 is 0.896 bits per heavy atom. The monoisotopic (exact) mass is 920 g/mol. The number of rotatable bonds is 23. The minimum Gasteiger partial charge on any atom is -0.489 e. The number of hydrogen-bond donors (Lipinski definition) is 2. The number of fused-ring (bicyclic) bond motifs is 3. The van der Waals surface area contributed by atoms with Crippen LogP contribution in [0.15, 0.2) is 120 Å². The summed E-state index contributed by atoms with van der Waals surface area (Å²) in [7, 11) is 1.51. The third kappa shape index (κ3) is 10.8. The van der Waals surface area contributed by atoms with Crippen LogP contribution in [-0.4, -0.2) is 85.7 Å². The minimum atomic E-state index is -1.54. The largest absolute Gasteiger partial charge is 0.489 e. The first-order valence-electron chi connectivity index (χ1n) is 23.3. The van der Waals surface area contributed by atoms with Crippen LogP contribution in [0.25, 0.3) is 0 Å². The molecule has 4 aromatic rings. The van der Waals surface area contributed by atoms with Crippen molar-refractivity contribution in [1.29, 1.82) is 0 Å². The number of halogens is 1. The van der Waals surface area contributed by atoms with Crippen molar-refractivity contribution in [3.05, 3.63) is 143 Å². The molecule has 2 heterocycles. The van der Waals surface area contributed by atoms with Gasteiger partial charge in [0.25, 0.3) is 0 Å². The molecule has 13 nitrogen and oxygen atoms in total. The Labute approximate surface area is 391 Å². The van der Waals surface area contributed by atoms with Gasteiger partial charge in [-0.2, -0.15) is 0 Å². The Bertz CT molecular complexity index is 2360. The van der Waals surface area contributed by atoms with Crippen LogP contribution in [-0.2, 0) is 38.8 Å². The molecule has 0 radical (unpaired) electrons.